The maximum Gasteiger partial charge on any atom is 0.139 e. The summed E-state index contributed by atoms with van der Waals surface area (Å²) in [7, 11) is 0. The van der Waals surface area contributed by atoms with Gasteiger partial charge in [-0.2, -0.15) is 0 Å². The third-order valence-electron chi connectivity index (χ3n) is 9.63. The van der Waals surface area contributed by atoms with Crippen LogP contribution in [-0.4, -0.2) is 11.6 Å². The van der Waals surface area contributed by atoms with Crippen LogP contribution in [0.2, 0.25) is 0 Å². The van der Waals surface area contributed by atoms with E-state index in [2.05, 4.69) is 38.2 Å². The fourth-order valence-electron chi connectivity index (χ4n) is 5.91. The minimum absolute atomic E-state index is 0.181. The third kappa shape index (κ3) is 25.8. The Bertz CT molecular complexity index is 686. The van der Waals surface area contributed by atoms with E-state index in [-0.39, 0.29) is 17.5 Å². The summed E-state index contributed by atoms with van der Waals surface area (Å²) in [6.45, 7) is 10.5. The minimum atomic E-state index is -0.542. The van der Waals surface area contributed by atoms with Crippen LogP contribution in [0.1, 0.15) is 214 Å². The fourth-order valence-corrected chi connectivity index (χ4v) is 5.91. The zero-order valence-corrected chi connectivity index (χ0v) is 30.0. The molecule has 0 amide bonds. The van der Waals surface area contributed by atoms with E-state index < -0.39 is 5.41 Å². The highest BCUT2D eigenvalue weighted by molar-refractivity contribution is 5.91. The van der Waals surface area contributed by atoms with E-state index in [1.807, 2.05) is 20.8 Å². The molecule has 0 saturated carbocycles. The molecule has 2 heteroatoms. The van der Waals surface area contributed by atoms with Gasteiger partial charge < -0.3 is 0 Å². The number of allylic oxidation sites excluding steroid dienone is 4. The van der Waals surface area contributed by atoms with Crippen molar-refractivity contribution in [3.63, 3.8) is 0 Å². The Morgan fingerprint density at radius 2 is 0.767 bits per heavy atom. The van der Waals surface area contributed by atoms with Gasteiger partial charge in [0, 0.05) is 24.2 Å². The monoisotopic (exact) mass is 601 g/mol. The summed E-state index contributed by atoms with van der Waals surface area (Å²) in [6.07, 6.45) is 43.7. The second-order valence-electron chi connectivity index (χ2n) is 14.0. The van der Waals surface area contributed by atoms with Crippen LogP contribution in [-0.2, 0) is 9.59 Å². The number of rotatable bonds is 33. The molecule has 0 saturated heterocycles. The highest BCUT2D eigenvalue weighted by atomic mass is 16.1. The van der Waals surface area contributed by atoms with Crippen molar-refractivity contribution in [1.29, 1.82) is 0 Å². The van der Waals surface area contributed by atoms with Gasteiger partial charge in [-0.05, 0) is 64.2 Å². The zero-order valence-electron chi connectivity index (χ0n) is 30.0. The molecule has 0 bridgehead atoms. The predicted molar refractivity (Wildman–Crippen MR) is 192 cm³/mol. The summed E-state index contributed by atoms with van der Waals surface area (Å²) in [5.41, 5.74) is -0.542. The maximum absolute atomic E-state index is 13.0. The van der Waals surface area contributed by atoms with Crippen LogP contribution < -0.4 is 0 Å². The van der Waals surface area contributed by atoms with E-state index in [4.69, 9.17) is 0 Å². The van der Waals surface area contributed by atoms with Crippen LogP contribution >= 0.6 is 0 Å². The number of hydrogen-bond acceptors (Lipinski definition) is 2. The smallest absolute Gasteiger partial charge is 0.139 e. The van der Waals surface area contributed by atoms with E-state index in [0.717, 1.165) is 25.7 Å². The molecule has 43 heavy (non-hydrogen) atoms. The summed E-state index contributed by atoms with van der Waals surface area (Å²) < 4.78 is 0. The topological polar surface area (TPSA) is 34.1 Å². The van der Waals surface area contributed by atoms with Crippen molar-refractivity contribution in [2.24, 2.45) is 11.3 Å². The van der Waals surface area contributed by atoms with E-state index in [0.29, 0.717) is 12.8 Å². The quantitative estimate of drug-likeness (QED) is 0.0554. The van der Waals surface area contributed by atoms with Gasteiger partial charge in [-0.1, -0.05) is 162 Å². The van der Waals surface area contributed by atoms with Gasteiger partial charge in [-0.15, -0.1) is 0 Å². The van der Waals surface area contributed by atoms with E-state index in [9.17, 15) is 9.59 Å². The number of hydrogen-bond donors (Lipinski definition) is 0. The van der Waals surface area contributed by atoms with Crippen LogP contribution in [0.5, 0.6) is 0 Å². The van der Waals surface area contributed by atoms with Gasteiger partial charge in [0.2, 0.25) is 0 Å². The van der Waals surface area contributed by atoms with Crippen molar-refractivity contribution < 1.29 is 9.59 Å². The molecule has 0 aliphatic carbocycles. The van der Waals surface area contributed by atoms with Crippen molar-refractivity contribution in [2.75, 3.05) is 0 Å². The Labute approximate surface area is 270 Å². The Balaban J connectivity index is 3.77. The first-order chi connectivity index (χ1) is 20.9. The Morgan fingerprint density at radius 3 is 1.14 bits per heavy atom. The van der Waals surface area contributed by atoms with Gasteiger partial charge in [0.25, 0.3) is 0 Å². The molecule has 1 unspecified atom stereocenters. The van der Waals surface area contributed by atoms with Crippen LogP contribution in [0.3, 0.4) is 0 Å². The number of unbranched alkanes of at least 4 members (excludes halogenated alkanes) is 22. The number of ketones is 2. The largest absolute Gasteiger partial charge is 0.299 e. The molecule has 0 aromatic heterocycles. The second-order valence-corrected chi connectivity index (χ2v) is 14.0. The molecule has 0 aliphatic rings. The zero-order chi connectivity index (χ0) is 31.9. The Kier molecular flexibility index (Phi) is 30.0. The molecular formula is C41H76O2. The number of carbonyl (C=O) groups excluding carboxylic acids is 2. The summed E-state index contributed by atoms with van der Waals surface area (Å²) in [5.74, 6) is 0.371. The average molecular weight is 601 g/mol. The van der Waals surface area contributed by atoms with Crippen molar-refractivity contribution >= 4 is 11.6 Å². The molecule has 0 aromatic carbocycles. The minimum Gasteiger partial charge on any atom is -0.299 e. The molecule has 0 rings (SSSR count). The van der Waals surface area contributed by atoms with Gasteiger partial charge in [-0.3, -0.25) is 9.59 Å². The first kappa shape index (κ1) is 41.8. The third-order valence-corrected chi connectivity index (χ3v) is 9.63. The van der Waals surface area contributed by atoms with Gasteiger partial charge in [-0.25, -0.2) is 0 Å². The van der Waals surface area contributed by atoms with Gasteiger partial charge >= 0.3 is 0 Å². The van der Waals surface area contributed by atoms with Crippen molar-refractivity contribution in [3.05, 3.63) is 24.3 Å². The molecule has 252 valence electrons. The van der Waals surface area contributed by atoms with Crippen molar-refractivity contribution in [3.8, 4) is 0 Å². The lowest BCUT2D eigenvalue weighted by Gasteiger charge is -2.29. The average Bonchev–Trinajstić information content (AvgIpc) is 3.00. The number of carbonyl (C=O) groups is 2. The lowest BCUT2D eigenvalue weighted by molar-refractivity contribution is -0.137. The number of Topliss-reactive ketones (excluding diaryl/α,β-unsaturated/α-hetero) is 2. The molecule has 0 radical (unpaired) electrons. The van der Waals surface area contributed by atoms with Crippen molar-refractivity contribution in [2.45, 2.75) is 214 Å². The SMILES string of the molecule is CCCCCCCC/C=C\CCCCCCCC(=O)C(C)C(C)(C)C(=O)CCCCCCC/C=C\CCCCCCCC. The standard InChI is InChI=1S/C41H76O2/c1-6-8-10-12-14-16-18-20-22-24-26-28-30-32-34-36-39(42)38(3)41(4,5)40(43)37-35-33-31-29-27-25-23-21-19-17-15-13-11-9-7-2/h20-23,38H,6-19,24-37H2,1-5H3/b22-20-,23-21-. The second kappa shape index (κ2) is 30.8. The van der Waals surface area contributed by atoms with Crippen LogP contribution in [0.15, 0.2) is 24.3 Å². The van der Waals surface area contributed by atoms with Gasteiger partial charge in [0.05, 0.1) is 0 Å². The normalized spacial score (nSPS) is 13.0. The van der Waals surface area contributed by atoms with Crippen molar-refractivity contribution in [1.82, 2.24) is 0 Å². The van der Waals surface area contributed by atoms with E-state index >= 15 is 0 Å². The maximum atomic E-state index is 13.0. The molecule has 1 atom stereocenters. The summed E-state index contributed by atoms with van der Waals surface area (Å²) in [5, 5.41) is 0. The van der Waals surface area contributed by atoms with E-state index in [1.54, 1.807) is 0 Å². The predicted octanol–water partition coefficient (Wildman–Crippen LogP) is 13.9. The molecule has 0 heterocycles. The summed E-state index contributed by atoms with van der Waals surface area (Å²) in [4.78, 5) is 25.9. The molecule has 0 aromatic rings. The Morgan fingerprint density at radius 1 is 0.465 bits per heavy atom. The lowest BCUT2D eigenvalue weighted by Crippen LogP contribution is -2.36. The molecule has 2 nitrogen and oxygen atoms in total. The van der Waals surface area contributed by atoms with Crippen LogP contribution in [0.4, 0.5) is 0 Å². The van der Waals surface area contributed by atoms with E-state index in [1.165, 1.54) is 141 Å². The summed E-state index contributed by atoms with van der Waals surface area (Å²) >= 11 is 0. The molecule has 0 fully saturated rings. The highest BCUT2D eigenvalue weighted by Gasteiger charge is 2.36. The van der Waals surface area contributed by atoms with Gasteiger partial charge in [0.15, 0.2) is 0 Å². The molecule has 0 aliphatic heterocycles. The molecule has 0 spiro atoms. The Hall–Kier alpha value is -1.18. The molecular weight excluding hydrogens is 524 g/mol. The first-order valence-electron chi connectivity index (χ1n) is 19.2. The summed E-state index contributed by atoms with van der Waals surface area (Å²) in [6, 6.07) is 0. The van der Waals surface area contributed by atoms with Gasteiger partial charge in [0.1, 0.15) is 11.6 Å². The highest BCUT2D eigenvalue weighted by Crippen LogP contribution is 2.32. The van der Waals surface area contributed by atoms with Crippen LogP contribution in [0.25, 0.3) is 0 Å². The molecule has 0 N–H and O–H groups in total. The first-order valence-corrected chi connectivity index (χ1v) is 19.2. The lowest BCUT2D eigenvalue weighted by atomic mass is 9.72. The fraction of sp³-hybridized carbons (Fsp3) is 0.854. The van der Waals surface area contributed by atoms with Crippen LogP contribution in [0, 0.1) is 11.3 Å².